The van der Waals surface area contributed by atoms with Gasteiger partial charge in [0.25, 0.3) is 5.91 Å². The molecule has 8 heteroatoms. The average Bonchev–Trinajstić information content (AvgIpc) is 2.72. The van der Waals surface area contributed by atoms with Crippen LogP contribution in [0, 0.1) is 6.92 Å². The number of hydrogen-bond acceptors (Lipinski definition) is 7. The highest BCUT2D eigenvalue weighted by molar-refractivity contribution is 7.08. The van der Waals surface area contributed by atoms with E-state index in [-0.39, 0.29) is 0 Å². The Morgan fingerprint density at radius 2 is 1.94 bits per heavy atom. The lowest BCUT2D eigenvalue weighted by atomic mass is 10.0. The molecule has 7 nitrogen and oxygen atoms in total. The molecule has 90 valence electrons. The van der Waals surface area contributed by atoms with Gasteiger partial charge in [0.15, 0.2) is 0 Å². The first kappa shape index (κ1) is 13.0. The van der Waals surface area contributed by atoms with E-state index >= 15 is 0 Å². The van der Waals surface area contributed by atoms with Crippen LogP contribution in [-0.2, 0) is 0 Å². The first-order valence-electron chi connectivity index (χ1n) is 4.52. The Bertz CT molecular complexity index is 356. The third kappa shape index (κ3) is 2.53. The highest BCUT2D eigenvalue weighted by Crippen LogP contribution is 2.11. The lowest BCUT2D eigenvalue weighted by Gasteiger charge is -2.28. The number of aliphatic hydroxyl groups is 3. The second-order valence-electron chi connectivity index (χ2n) is 3.40. The molecule has 0 aliphatic heterocycles. The summed E-state index contributed by atoms with van der Waals surface area (Å²) in [6.45, 7) is -0.0536. The van der Waals surface area contributed by atoms with Crippen molar-refractivity contribution in [3.05, 3.63) is 10.6 Å². The summed E-state index contributed by atoms with van der Waals surface area (Å²) in [6, 6.07) is 0. The molecule has 1 aromatic rings. The Labute approximate surface area is 95.9 Å². The van der Waals surface area contributed by atoms with E-state index in [0.29, 0.717) is 10.6 Å². The van der Waals surface area contributed by atoms with E-state index < -0.39 is 31.3 Å². The van der Waals surface area contributed by atoms with E-state index in [1.54, 1.807) is 6.92 Å². The lowest BCUT2D eigenvalue weighted by molar-refractivity contribution is 0.0377. The predicted molar refractivity (Wildman–Crippen MR) is 56.1 cm³/mol. The zero-order valence-corrected chi connectivity index (χ0v) is 9.49. The lowest BCUT2D eigenvalue weighted by Crippen LogP contribution is -2.57. The Balaban J connectivity index is 2.81. The van der Waals surface area contributed by atoms with E-state index in [0.717, 1.165) is 11.5 Å². The second-order valence-corrected chi connectivity index (χ2v) is 4.15. The van der Waals surface area contributed by atoms with Crippen molar-refractivity contribution in [3.8, 4) is 0 Å². The van der Waals surface area contributed by atoms with Crippen LogP contribution in [0.5, 0.6) is 0 Å². The van der Waals surface area contributed by atoms with Gasteiger partial charge in [-0.3, -0.25) is 4.79 Å². The van der Waals surface area contributed by atoms with Crippen LogP contribution in [0.15, 0.2) is 0 Å². The Morgan fingerprint density at radius 3 is 2.31 bits per heavy atom. The summed E-state index contributed by atoms with van der Waals surface area (Å²) < 4.78 is 3.59. The molecule has 1 rings (SSSR count). The smallest absolute Gasteiger partial charge is 0.265 e. The number of nitrogens with zero attached hydrogens (tertiary/aromatic N) is 2. The minimum absolute atomic E-state index is 0.291. The van der Waals surface area contributed by atoms with E-state index in [1.807, 2.05) is 0 Å². The Morgan fingerprint density at radius 1 is 1.38 bits per heavy atom. The van der Waals surface area contributed by atoms with Crippen LogP contribution in [0.25, 0.3) is 0 Å². The van der Waals surface area contributed by atoms with Gasteiger partial charge in [-0.05, 0) is 18.5 Å². The zero-order valence-electron chi connectivity index (χ0n) is 8.67. The standard InChI is InChI=1S/C8H13N3O4S/c1-5-6(16-11-10-5)7(15)9-8(2-12,3-13)4-14/h12-14H,2-4H2,1H3,(H,9,15). The molecule has 4 N–H and O–H groups in total. The predicted octanol–water partition coefficient (Wildman–Crippen LogP) is -1.71. The van der Waals surface area contributed by atoms with Gasteiger partial charge in [-0.15, -0.1) is 5.10 Å². The van der Waals surface area contributed by atoms with E-state index in [9.17, 15) is 4.79 Å². The van der Waals surface area contributed by atoms with E-state index in [2.05, 4.69) is 14.9 Å². The maximum Gasteiger partial charge on any atom is 0.265 e. The number of nitrogens with one attached hydrogen (secondary N) is 1. The van der Waals surface area contributed by atoms with Crippen molar-refractivity contribution in [1.29, 1.82) is 0 Å². The van der Waals surface area contributed by atoms with Crippen molar-refractivity contribution in [2.24, 2.45) is 0 Å². The molecule has 1 amide bonds. The first-order chi connectivity index (χ1) is 7.58. The number of aryl methyl sites for hydroxylation is 1. The van der Waals surface area contributed by atoms with Crippen LogP contribution >= 0.6 is 11.5 Å². The Hall–Kier alpha value is -1.09. The maximum atomic E-state index is 11.7. The van der Waals surface area contributed by atoms with Crippen molar-refractivity contribution < 1.29 is 20.1 Å². The molecule has 0 radical (unpaired) electrons. The molecule has 16 heavy (non-hydrogen) atoms. The second kappa shape index (κ2) is 5.30. The molecule has 0 saturated carbocycles. The fraction of sp³-hybridized carbons (Fsp3) is 0.625. The average molecular weight is 247 g/mol. The summed E-state index contributed by atoms with van der Waals surface area (Å²) in [6.07, 6.45) is 0. The largest absolute Gasteiger partial charge is 0.394 e. The summed E-state index contributed by atoms with van der Waals surface area (Å²) in [4.78, 5) is 12.0. The van der Waals surface area contributed by atoms with Gasteiger partial charge in [0, 0.05) is 0 Å². The molecule has 0 unspecified atom stereocenters. The molecular weight excluding hydrogens is 234 g/mol. The van der Waals surface area contributed by atoms with Gasteiger partial charge in [-0.25, -0.2) is 0 Å². The van der Waals surface area contributed by atoms with Gasteiger partial charge in [-0.1, -0.05) is 4.49 Å². The van der Waals surface area contributed by atoms with Gasteiger partial charge in [0.2, 0.25) is 0 Å². The van der Waals surface area contributed by atoms with Crippen molar-refractivity contribution in [1.82, 2.24) is 14.9 Å². The van der Waals surface area contributed by atoms with Gasteiger partial charge in [0.1, 0.15) is 10.4 Å². The quantitative estimate of drug-likeness (QED) is 0.492. The normalized spacial score (nSPS) is 11.5. The highest BCUT2D eigenvalue weighted by atomic mass is 32.1. The van der Waals surface area contributed by atoms with Gasteiger partial charge in [-0.2, -0.15) is 0 Å². The number of aliphatic hydroxyl groups excluding tert-OH is 3. The number of amides is 1. The summed E-state index contributed by atoms with van der Waals surface area (Å²) in [7, 11) is 0. The molecule has 0 fully saturated rings. The minimum Gasteiger partial charge on any atom is -0.394 e. The van der Waals surface area contributed by atoms with Crippen LogP contribution in [-0.4, -0.2) is 56.2 Å². The number of aromatic nitrogens is 2. The number of carbonyl (C=O) groups is 1. The van der Waals surface area contributed by atoms with Gasteiger partial charge < -0.3 is 20.6 Å². The van der Waals surface area contributed by atoms with Gasteiger partial charge >= 0.3 is 0 Å². The summed E-state index contributed by atoms with van der Waals surface area (Å²) in [5.41, 5.74) is -0.960. The molecule has 0 atom stereocenters. The van der Waals surface area contributed by atoms with Crippen molar-refractivity contribution in [2.45, 2.75) is 12.5 Å². The van der Waals surface area contributed by atoms with Crippen LogP contribution in [0.2, 0.25) is 0 Å². The SMILES string of the molecule is Cc1nnsc1C(=O)NC(CO)(CO)CO. The molecule has 0 aromatic carbocycles. The monoisotopic (exact) mass is 247 g/mol. The van der Waals surface area contributed by atoms with Crippen molar-refractivity contribution >= 4 is 17.4 Å². The minimum atomic E-state index is -1.42. The van der Waals surface area contributed by atoms with Crippen LogP contribution in [0.4, 0.5) is 0 Å². The molecule has 0 bridgehead atoms. The van der Waals surface area contributed by atoms with Crippen LogP contribution < -0.4 is 5.32 Å². The van der Waals surface area contributed by atoms with Crippen molar-refractivity contribution in [3.63, 3.8) is 0 Å². The highest BCUT2D eigenvalue weighted by Gasteiger charge is 2.31. The Kier molecular flexibility index (Phi) is 4.30. The molecule has 0 spiro atoms. The van der Waals surface area contributed by atoms with Gasteiger partial charge in [0.05, 0.1) is 25.5 Å². The maximum absolute atomic E-state index is 11.7. The molecule has 0 aliphatic carbocycles. The number of carbonyl (C=O) groups excluding carboxylic acids is 1. The van der Waals surface area contributed by atoms with E-state index in [4.69, 9.17) is 15.3 Å². The number of rotatable bonds is 5. The molecule has 0 aliphatic rings. The van der Waals surface area contributed by atoms with E-state index in [1.165, 1.54) is 0 Å². The third-order valence-electron chi connectivity index (χ3n) is 2.14. The fourth-order valence-electron chi connectivity index (χ4n) is 1.01. The fourth-order valence-corrected chi connectivity index (χ4v) is 1.56. The van der Waals surface area contributed by atoms with Crippen LogP contribution in [0.3, 0.4) is 0 Å². The van der Waals surface area contributed by atoms with Crippen molar-refractivity contribution in [2.75, 3.05) is 19.8 Å². The third-order valence-corrected chi connectivity index (χ3v) is 2.97. The summed E-state index contributed by atoms with van der Waals surface area (Å²) in [5, 5.41) is 33.1. The first-order valence-corrected chi connectivity index (χ1v) is 5.30. The summed E-state index contributed by atoms with van der Waals surface area (Å²) >= 11 is 0.912. The molecule has 0 saturated heterocycles. The molecule has 1 aromatic heterocycles. The zero-order chi connectivity index (χ0) is 12.2. The molecule has 1 heterocycles. The summed E-state index contributed by atoms with van der Waals surface area (Å²) in [5.74, 6) is -0.523. The number of hydrogen-bond donors (Lipinski definition) is 4. The van der Waals surface area contributed by atoms with Crippen LogP contribution in [0.1, 0.15) is 15.4 Å². The molecular formula is C8H13N3O4S. The topological polar surface area (TPSA) is 116 Å².